The summed E-state index contributed by atoms with van der Waals surface area (Å²) in [5, 5.41) is 3.47. The Morgan fingerprint density at radius 3 is 2.93 bits per heavy atom. The van der Waals surface area contributed by atoms with Crippen molar-refractivity contribution in [2.75, 3.05) is 26.7 Å². The van der Waals surface area contributed by atoms with Gasteiger partial charge in [0.15, 0.2) is 5.96 Å². The summed E-state index contributed by atoms with van der Waals surface area (Å²) >= 11 is 0. The Morgan fingerprint density at radius 2 is 2.22 bits per heavy atom. The molecule has 0 radical (unpaired) electrons. The molecular weight excluding hydrogens is 338 g/mol. The number of aromatic nitrogens is 2. The van der Waals surface area contributed by atoms with Gasteiger partial charge in [-0.15, -0.1) is 0 Å². The molecule has 146 valence electrons. The van der Waals surface area contributed by atoms with Crippen LogP contribution in [0.15, 0.2) is 41.9 Å². The van der Waals surface area contributed by atoms with Crippen LogP contribution in [-0.2, 0) is 6.54 Å². The lowest BCUT2D eigenvalue weighted by atomic mass is 9.93. The summed E-state index contributed by atoms with van der Waals surface area (Å²) in [6, 6.07) is 6.69. The summed E-state index contributed by atoms with van der Waals surface area (Å²) in [7, 11) is 1.71. The fraction of sp³-hybridized carbons (Fsp3) is 0.524. The lowest BCUT2D eigenvalue weighted by Gasteiger charge is -2.39. The first-order valence-corrected chi connectivity index (χ1v) is 9.76. The molecule has 1 aromatic heterocycles. The number of rotatable bonds is 5. The van der Waals surface area contributed by atoms with Gasteiger partial charge >= 0.3 is 0 Å². The number of aryl methyl sites for hydroxylation is 1. The first-order valence-electron chi connectivity index (χ1n) is 9.76. The molecule has 1 aliphatic rings. The minimum Gasteiger partial charge on any atom is -0.497 e. The van der Waals surface area contributed by atoms with E-state index < -0.39 is 0 Å². The number of benzene rings is 1. The monoisotopic (exact) mass is 369 g/mol. The molecule has 0 spiro atoms. The van der Waals surface area contributed by atoms with E-state index in [1.54, 1.807) is 7.11 Å². The number of methoxy groups -OCH3 is 1. The van der Waals surface area contributed by atoms with E-state index in [-0.39, 0.29) is 0 Å². The van der Waals surface area contributed by atoms with Crippen molar-refractivity contribution >= 4 is 5.96 Å². The number of nitrogens with one attached hydrogen (secondary N) is 1. The van der Waals surface area contributed by atoms with Gasteiger partial charge in [0, 0.05) is 32.0 Å². The van der Waals surface area contributed by atoms with Gasteiger partial charge in [0.25, 0.3) is 0 Å². The minimum atomic E-state index is 0.421. The maximum Gasteiger partial charge on any atom is 0.194 e. The van der Waals surface area contributed by atoms with Crippen LogP contribution in [0.4, 0.5) is 0 Å². The molecule has 1 saturated heterocycles. The third kappa shape index (κ3) is 4.81. The first-order chi connectivity index (χ1) is 13.1. The number of imidazole rings is 1. The number of guanidine groups is 1. The van der Waals surface area contributed by atoms with E-state index in [2.05, 4.69) is 58.9 Å². The van der Waals surface area contributed by atoms with Gasteiger partial charge in [-0.1, -0.05) is 13.0 Å². The van der Waals surface area contributed by atoms with Crippen molar-refractivity contribution in [3.63, 3.8) is 0 Å². The lowest BCUT2D eigenvalue weighted by Crippen LogP contribution is -2.49. The van der Waals surface area contributed by atoms with Crippen LogP contribution in [0.2, 0.25) is 0 Å². The summed E-state index contributed by atoms with van der Waals surface area (Å²) in [6.07, 6.45) is 6.99. The number of ether oxygens (including phenoxy) is 1. The first kappa shape index (κ1) is 19.3. The van der Waals surface area contributed by atoms with E-state index >= 15 is 0 Å². The number of hydrogen-bond acceptors (Lipinski definition) is 3. The van der Waals surface area contributed by atoms with Gasteiger partial charge in [-0.3, -0.25) is 0 Å². The maximum atomic E-state index is 5.39. The molecule has 2 heterocycles. The van der Waals surface area contributed by atoms with Crippen LogP contribution in [0.5, 0.6) is 5.75 Å². The van der Waals surface area contributed by atoms with Crippen molar-refractivity contribution in [3.05, 3.63) is 48.0 Å². The van der Waals surface area contributed by atoms with Gasteiger partial charge < -0.3 is 19.5 Å². The van der Waals surface area contributed by atoms with E-state index in [1.165, 1.54) is 11.1 Å². The molecule has 2 unspecified atom stereocenters. The van der Waals surface area contributed by atoms with Crippen LogP contribution in [0.3, 0.4) is 0 Å². The summed E-state index contributed by atoms with van der Waals surface area (Å²) in [6.45, 7) is 9.99. The molecule has 27 heavy (non-hydrogen) atoms. The van der Waals surface area contributed by atoms with Crippen LogP contribution in [-0.4, -0.2) is 47.2 Å². The molecular formula is C21H31N5O. The minimum absolute atomic E-state index is 0.421. The van der Waals surface area contributed by atoms with Crippen molar-refractivity contribution in [1.82, 2.24) is 19.8 Å². The fourth-order valence-corrected chi connectivity index (χ4v) is 3.72. The van der Waals surface area contributed by atoms with E-state index in [1.807, 2.05) is 18.6 Å². The zero-order valence-electron chi connectivity index (χ0n) is 16.9. The molecule has 1 aromatic carbocycles. The molecule has 0 aliphatic carbocycles. The number of aliphatic imine (C=N–C) groups is 1. The van der Waals surface area contributed by atoms with E-state index in [9.17, 15) is 0 Å². The standard InChI is InChI=1S/C21H31N5O/c1-5-23-21(24-13-18-10-16(2)11-19(12-18)27-4)25-8-6-17(3)20(14-25)26-9-7-22-15-26/h7,9-12,15,17,20H,5-6,8,13-14H2,1-4H3,(H,23,24). The summed E-state index contributed by atoms with van der Waals surface area (Å²) in [5.41, 5.74) is 2.36. The second kappa shape index (κ2) is 8.93. The van der Waals surface area contributed by atoms with Crippen molar-refractivity contribution in [2.45, 2.75) is 39.8 Å². The van der Waals surface area contributed by atoms with E-state index in [4.69, 9.17) is 9.73 Å². The Morgan fingerprint density at radius 1 is 1.37 bits per heavy atom. The van der Waals surface area contributed by atoms with Crippen LogP contribution in [0.1, 0.15) is 37.4 Å². The van der Waals surface area contributed by atoms with Crippen LogP contribution in [0.25, 0.3) is 0 Å². The van der Waals surface area contributed by atoms with Gasteiger partial charge in [0.1, 0.15) is 5.75 Å². The summed E-state index contributed by atoms with van der Waals surface area (Å²) < 4.78 is 7.62. The van der Waals surface area contributed by atoms with E-state index in [0.717, 1.165) is 37.8 Å². The normalized spacial score (nSPS) is 20.6. The molecule has 0 bridgehead atoms. The zero-order valence-corrected chi connectivity index (χ0v) is 16.9. The van der Waals surface area contributed by atoms with Crippen LogP contribution < -0.4 is 10.1 Å². The Bertz CT molecular complexity index is 756. The van der Waals surface area contributed by atoms with Crippen molar-refractivity contribution in [3.8, 4) is 5.75 Å². The Labute approximate surface area is 162 Å². The predicted molar refractivity (Wildman–Crippen MR) is 109 cm³/mol. The summed E-state index contributed by atoms with van der Waals surface area (Å²) in [5.74, 6) is 2.49. The van der Waals surface area contributed by atoms with Gasteiger partial charge in [-0.05, 0) is 49.4 Å². The quantitative estimate of drug-likeness (QED) is 0.649. The smallest absolute Gasteiger partial charge is 0.194 e. The highest BCUT2D eigenvalue weighted by Gasteiger charge is 2.28. The predicted octanol–water partition coefficient (Wildman–Crippen LogP) is 3.25. The second-order valence-electron chi connectivity index (χ2n) is 7.32. The lowest BCUT2D eigenvalue weighted by molar-refractivity contribution is 0.189. The molecule has 3 rings (SSSR count). The number of hydrogen-bond donors (Lipinski definition) is 1. The highest BCUT2D eigenvalue weighted by molar-refractivity contribution is 5.80. The molecule has 1 N–H and O–H groups in total. The highest BCUT2D eigenvalue weighted by Crippen LogP contribution is 2.27. The molecule has 2 aromatic rings. The van der Waals surface area contributed by atoms with Crippen LogP contribution >= 0.6 is 0 Å². The Hall–Kier alpha value is -2.50. The molecule has 1 fully saturated rings. The average molecular weight is 370 g/mol. The van der Waals surface area contributed by atoms with Gasteiger partial charge in [0.05, 0.1) is 26.0 Å². The average Bonchev–Trinajstić information content (AvgIpc) is 3.19. The molecule has 0 amide bonds. The van der Waals surface area contributed by atoms with Gasteiger partial charge in [-0.25, -0.2) is 9.98 Å². The maximum absolute atomic E-state index is 5.39. The molecule has 1 aliphatic heterocycles. The number of likely N-dealkylation sites (tertiary alicyclic amines) is 1. The second-order valence-corrected chi connectivity index (χ2v) is 7.32. The Kier molecular flexibility index (Phi) is 6.37. The topological polar surface area (TPSA) is 54.7 Å². The summed E-state index contributed by atoms with van der Waals surface area (Å²) in [4.78, 5) is 11.5. The third-order valence-electron chi connectivity index (χ3n) is 5.22. The van der Waals surface area contributed by atoms with Crippen molar-refractivity contribution in [1.29, 1.82) is 0 Å². The number of piperidine rings is 1. The fourth-order valence-electron chi connectivity index (χ4n) is 3.72. The van der Waals surface area contributed by atoms with E-state index in [0.29, 0.717) is 18.5 Å². The molecule has 0 saturated carbocycles. The molecule has 6 nitrogen and oxygen atoms in total. The van der Waals surface area contributed by atoms with Crippen molar-refractivity contribution < 1.29 is 4.74 Å². The van der Waals surface area contributed by atoms with Gasteiger partial charge in [0.2, 0.25) is 0 Å². The largest absolute Gasteiger partial charge is 0.497 e. The van der Waals surface area contributed by atoms with Gasteiger partial charge in [-0.2, -0.15) is 0 Å². The SMILES string of the molecule is CCNC(=NCc1cc(C)cc(OC)c1)N1CCC(C)C(n2ccnc2)C1. The number of nitrogens with zero attached hydrogens (tertiary/aromatic N) is 4. The highest BCUT2D eigenvalue weighted by atomic mass is 16.5. The van der Waals surface area contributed by atoms with Crippen LogP contribution in [0, 0.1) is 12.8 Å². The Balaban J connectivity index is 1.76. The third-order valence-corrected chi connectivity index (χ3v) is 5.22. The zero-order chi connectivity index (χ0) is 19.2. The molecule has 2 atom stereocenters. The van der Waals surface area contributed by atoms with Crippen molar-refractivity contribution in [2.24, 2.45) is 10.9 Å². The molecule has 6 heteroatoms.